The molecular formula is C22H19Cl2N3O6S. The van der Waals surface area contributed by atoms with Crippen LogP contribution < -0.4 is 14.4 Å². The zero-order valence-electron chi connectivity index (χ0n) is 18.0. The van der Waals surface area contributed by atoms with Crippen LogP contribution in [0.1, 0.15) is 5.56 Å². The fourth-order valence-electron chi connectivity index (χ4n) is 3.04. The number of anilines is 2. The van der Waals surface area contributed by atoms with E-state index in [4.69, 9.17) is 27.9 Å². The van der Waals surface area contributed by atoms with Crippen molar-refractivity contribution in [2.45, 2.75) is 11.8 Å². The van der Waals surface area contributed by atoms with Crippen LogP contribution in [0.5, 0.6) is 5.75 Å². The summed E-state index contributed by atoms with van der Waals surface area (Å²) in [5.41, 5.74) is 0.572. The summed E-state index contributed by atoms with van der Waals surface area (Å²) >= 11 is 12.3. The van der Waals surface area contributed by atoms with E-state index in [1.54, 1.807) is 12.1 Å². The molecule has 0 aliphatic carbocycles. The van der Waals surface area contributed by atoms with Gasteiger partial charge in [-0.3, -0.25) is 19.2 Å². The number of nitro groups is 1. The molecule has 3 aromatic carbocycles. The van der Waals surface area contributed by atoms with E-state index in [0.29, 0.717) is 0 Å². The molecule has 3 rings (SSSR count). The molecule has 0 fully saturated rings. The average molecular weight is 524 g/mol. The molecule has 34 heavy (non-hydrogen) atoms. The van der Waals surface area contributed by atoms with Crippen LogP contribution in [0.3, 0.4) is 0 Å². The van der Waals surface area contributed by atoms with Crippen LogP contribution in [0.2, 0.25) is 10.0 Å². The van der Waals surface area contributed by atoms with E-state index in [1.165, 1.54) is 49.6 Å². The van der Waals surface area contributed by atoms with Crippen molar-refractivity contribution in [3.63, 3.8) is 0 Å². The topological polar surface area (TPSA) is 119 Å². The monoisotopic (exact) mass is 523 g/mol. The number of benzene rings is 3. The van der Waals surface area contributed by atoms with Gasteiger partial charge in [-0.2, -0.15) is 0 Å². The molecule has 0 radical (unpaired) electrons. The SMILES string of the molecule is COc1ccc([N+](=O)[O-])cc1NC(=O)CN(c1cc(Cl)ccc1Cl)S(=O)(=O)c1ccc(C)cc1. The van der Waals surface area contributed by atoms with Gasteiger partial charge in [0.15, 0.2) is 0 Å². The molecule has 0 bridgehead atoms. The number of nitro benzene ring substituents is 1. The number of carbonyl (C=O) groups is 1. The predicted molar refractivity (Wildman–Crippen MR) is 130 cm³/mol. The molecule has 0 atom stereocenters. The normalized spacial score (nSPS) is 11.1. The van der Waals surface area contributed by atoms with Gasteiger partial charge in [-0.1, -0.05) is 40.9 Å². The number of non-ortho nitro benzene ring substituents is 1. The number of methoxy groups -OCH3 is 1. The van der Waals surface area contributed by atoms with Crippen molar-refractivity contribution in [3.05, 3.63) is 86.4 Å². The Bertz CT molecular complexity index is 1350. The van der Waals surface area contributed by atoms with Crippen LogP contribution in [0, 0.1) is 17.0 Å². The number of halogens is 2. The second-order valence-electron chi connectivity index (χ2n) is 7.11. The Morgan fingerprint density at radius 2 is 1.76 bits per heavy atom. The number of hydrogen-bond donors (Lipinski definition) is 1. The summed E-state index contributed by atoms with van der Waals surface area (Å²) < 4.78 is 33.0. The van der Waals surface area contributed by atoms with E-state index in [0.717, 1.165) is 15.9 Å². The minimum atomic E-state index is -4.24. The van der Waals surface area contributed by atoms with Crippen molar-refractivity contribution in [1.82, 2.24) is 0 Å². The molecule has 0 aliphatic rings. The number of sulfonamides is 1. The Hall–Kier alpha value is -3.34. The molecule has 1 amide bonds. The molecule has 0 aromatic heterocycles. The lowest BCUT2D eigenvalue weighted by Gasteiger charge is -2.25. The smallest absolute Gasteiger partial charge is 0.271 e. The lowest BCUT2D eigenvalue weighted by atomic mass is 10.2. The van der Waals surface area contributed by atoms with Gasteiger partial charge in [-0.05, 0) is 43.3 Å². The summed E-state index contributed by atoms with van der Waals surface area (Å²) in [4.78, 5) is 23.4. The van der Waals surface area contributed by atoms with E-state index < -0.39 is 27.4 Å². The maximum atomic E-state index is 13.5. The quantitative estimate of drug-likeness (QED) is 0.325. The molecule has 0 aliphatic heterocycles. The number of nitrogens with zero attached hydrogens (tertiary/aromatic N) is 2. The average Bonchev–Trinajstić information content (AvgIpc) is 2.79. The standard InChI is InChI=1S/C22H19Cl2N3O6S/c1-14-3-7-17(8-4-14)34(31,32)26(20-11-15(23)5-9-18(20)24)13-22(28)25-19-12-16(27(29)30)6-10-21(19)33-2/h3-12H,13H2,1-2H3,(H,25,28). The summed E-state index contributed by atoms with van der Waals surface area (Å²) in [6.45, 7) is 1.12. The lowest BCUT2D eigenvalue weighted by Crippen LogP contribution is -2.38. The highest BCUT2D eigenvalue weighted by molar-refractivity contribution is 7.92. The van der Waals surface area contributed by atoms with Crippen molar-refractivity contribution in [2.75, 3.05) is 23.3 Å². The van der Waals surface area contributed by atoms with Gasteiger partial charge in [0, 0.05) is 17.2 Å². The van der Waals surface area contributed by atoms with Crippen molar-refractivity contribution in [1.29, 1.82) is 0 Å². The van der Waals surface area contributed by atoms with Gasteiger partial charge in [0.05, 0.1) is 33.3 Å². The van der Waals surface area contributed by atoms with Gasteiger partial charge in [0.1, 0.15) is 12.3 Å². The third-order valence-electron chi connectivity index (χ3n) is 4.74. The first-order valence-corrected chi connectivity index (χ1v) is 11.9. The molecule has 0 spiro atoms. The number of ether oxygens (including phenoxy) is 1. The molecule has 0 heterocycles. The Morgan fingerprint density at radius 3 is 2.38 bits per heavy atom. The highest BCUT2D eigenvalue weighted by Gasteiger charge is 2.29. The minimum absolute atomic E-state index is 0.00380. The van der Waals surface area contributed by atoms with E-state index in [1.807, 2.05) is 6.92 Å². The summed E-state index contributed by atoms with van der Waals surface area (Å²) in [6.07, 6.45) is 0. The fourth-order valence-corrected chi connectivity index (χ4v) is 4.91. The molecule has 0 unspecified atom stereocenters. The maximum absolute atomic E-state index is 13.5. The Labute approximate surface area is 206 Å². The number of carbonyl (C=O) groups excluding carboxylic acids is 1. The first-order chi connectivity index (χ1) is 16.0. The summed E-state index contributed by atoms with van der Waals surface area (Å²) in [7, 11) is -2.91. The molecule has 0 saturated heterocycles. The van der Waals surface area contributed by atoms with Crippen molar-refractivity contribution in [3.8, 4) is 5.75 Å². The third kappa shape index (κ3) is 5.58. The van der Waals surface area contributed by atoms with E-state index >= 15 is 0 Å². The molecule has 0 saturated carbocycles. The zero-order valence-corrected chi connectivity index (χ0v) is 20.3. The maximum Gasteiger partial charge on any atom is 0.271 e. The van der Waals surface area contributed by atoms with E-state index in [9.17, 15) is 23.3 Å². The summed E-state index contributed by atoms with van der Waals surface area (Å²) in [5.74, 6) is -0.627. The summed E-state index contributed by atoms with van der Waals surface area (Å²) in [6, 6.07) is 14.0. The van der Waals surface area contributed by atoms with E-state index in [2.05, 4.69) is 5.32 Å². The Morgan fingerprint density at radius 1 is 1.09 bits per heavy atom. The first-order valence-electron chi connectivity index (χ1n) is 9.69. The van der Waals surface area contributed by atoms with Crippen molar-refractivity contribution < 1.29 is 22.9 Å². The number of nitrogens with one attached hydrogen (secondary N) is 1. The van der Waals surface area contributed by atoms with Gasteiger partial charge in [-0.15, -0.1) is 0 Å². The predicted octanol–water partition coefficient (Wildman–Crippen LogP) is 5.05. The minimum Gasteiger partial charge on any atom is -0.495 e. The molecule has 1 N–H and O–H groups in total. The van der Waals surface area contributed by atoms with Crippen LogP contribution in [0.25, 0.3) is 0 Å². The fraction of sp³-hybridized carbons (Fsp3) is 0.136. The highest BCUT2D eigenvalue weighted by atomic mass is 35.5. The third-order valence-corrected chi connectivity index (χ3v) is 7.07. The second-order valence-corrected chi connectivity index (χ2v) is 9.82. The summed E-state index contributed by atoms with van der Waals surface area (Å²) in [5, 5.41) is 13.9. The molecule has 9 nitrogen and oxygen atoms in total. The first kappa shape index (κ1) is 25.3. The van der Waals surface area contributed by atoms with E-state index in [-0.39, 0.29) is 37.8 Å². The number of rotatable bonds is 8. The molecular weight excluding hydrogens is 505 g/mol. The van der Waals surface area contributed by atoms with Crippen molar-refractivity contribution in [2.24, 2.45) is 0 Å². The Kier molecular flexibility index (Phi) is 7.65. The van der Waals surface area contributed by atoms with Gasteiger partial charge in [0.25, 0.3) is 15.7 Å². The van der Waals surface area contributed by atoms with Crippen LogP contribution >= 0.6 is 23.2 Å². The number of aryl methyl sites for hydroxylation is 1. The van der Waals surface area contributed by atoms with Crippen LogP contribution in [-0.4, -0.2) is 32.9 Å². The molecule has 178 valence electrons. The van der Waals surface area contributed by atoms with Crippen molar-refractivity contribution >= 4 is 56.2 Å². The zero-order chi connectivity index (χ0) is 25.0. The van der Waals surface area contributed by atoms with Gasteiger partial charge in [0.2, 0.25) is 5.91 Å². The largest absolute Gasteiger partial charge is 0.495 e. The van der Waals surface area contributed by atoms with Crippen LogP contribution in [-0.2, 0) is 14.8 Å². The second kappa shape index (κ2) is 10.3. The van der Waals surface area contributed by atoms with Gasteiger partial charge >= 0.3 is 0 Å². The van der Waals surface area contributed by atoms with Crippen LogP contribution in [0.4, 0.5) is 17.1 Å². The number of hydrogen-bond acceptors (Lipinski definition) is 6. The van der Waals surface area contributed by atoms with Gasteiger partial charge < -0.3 is 10.1 Å². The molecule has 3 aromatic rings. The van der Waals surface area contributed by atoms with Crippen LogP contribution in [0.15, 0.2) is 65.6 Å². The van der Waals surface area contributed by atoms with Gasteiger partial charge in [-0.25, -0.2) is 8.42 Å². The Balaban J connectivity index is 2.02. The lowest BCUT2D eigenvalue weighted by molar-refractivity contribution is -0.384. The highest BCUT2D eigenvalue weighted by Crippen LogP contribution is 2.34. The number of amides is 1. The molecule has 12 heteroatoms.